The average molecular weight is 373 g/mol. The van der Waals surface area contributed by atoms with Crippen LogP contribution in [0.2, 0.25) is 0 Å². The van der Waals surface area contributed by atoms with E-state index in [2.05, 4.69) is 26.8 Å². The summed E-state index contributed by atoms with van der Waals surface area (Å²) in [5, 5.41) is 10.1. The van der Waals surface area contributed by atoms with E-state index in [1.54, 1.807) is 0 Å². The van der Waals surface area contributed by atoms with Crippen LogP contribution in [0.25, 0.3) is 0 Å². The Morgan fingerprint density at radius 3 is 2.59 bits per heavy atom. The molecule has 0 saturated heterocycles. The van der Waals surface area contributed by atoms with Gasteiger partial charge in [0.2, 0.25) is 0 Å². The van der Waals surface area contributed by atoms with E-state index in [0.717, 1.165) is 36.0 Å². The van der Waals surface area contributed by atoms with Gasteiger partial charge in [-0.1, -0.05) is 38.8 Å². The second-order valence-corrected chi connectivity index (χ2v) is 12.1. The number of allylic oxidation sites excluding steroid dienone is 2. The molecular formula is C26H44O. The molecule has 0 spiro atoms. The molecule has 7 atom stereocenters. The quantitative estimate of drug-likeness (QED) is 0.520. The van der Waals surface area contributed by atoms with Crippen molar-refractivity contribution in [2.75, 3.05) is 0 Å². The van der Waals surface area contributed by atoms with Crippen LogP contribution in [-0.2, 0) is 0 Å². The number of hydrogen-bond acceptors (Lipinski definition) is 1. The van der Waals surface area contributed by atoms with Gasteiger partial charge in [0.05, 0.1) is 5.60 Å². The first-order chi connectivity index (χ1) is 12.6. The van der Waals surface area contributed by atoms with Gasteiger partial charge in [0, 0.05) is 0 Å². The lowest BCUT2D eigenvalue weighted by Gasteiger charge is -2.58. The van der Waals surface area contributed by atoms with E-state index in [-0.39, 0.29) is 0 Å². The monoisotopic (exact) mass is 372 g/mol. The maximum absolute atomic E-state index is 10.1. The van der Waals surface area contributed by atoms with Crippen molar-refractivity contribution in [1.82, 2.24) is 0 Å². The largest absolute Gasteiger partial charge is 0.390 e. The van der Waals surface area contributed by atoms with E-state index >= 15 is 0 Å². The van der Waals surface area contributed by atoms with E-state index in [0.29, 0.717) is 10.8 Å². The molecule has 4 rings (SSSR count). The fourth-order valence-corrected chi connectivity index (χ4v) is 8.21. The van der Waals surface area contributed by atoms with Crippen molar-refractivity contribution in [2.24, 2.45) is 40.4 Å². The fraction of sp³-hybridized carbons (Fsp3) is 0.923. The van der Waals surface area contributed by atoms with Gasteiger partial charge in [0.1, 0.15) is 0 Å². The van der Waals surface area contributed by atoms with Crippen molar-refractivity contribution in [3.8, 4) is 0 Å². The number of fused-ring (bicyclic) bond motifs is 5. The normalized spacial score (nSPS) is 47.0. The summed E-state index contributed by atoms with van der Waals surface area (Å²) in [6.45, 7) is 11.7. The molecule has 0 bridgehead atoms. The first-order valence-electron chi connectivity index (χ1n) is 12.1. The van der Waals surface area contributed by atoms with Gasteiger partial charge in [-0.2, -0.15) is 0 Å². The molecule has 154 valence electrons. The summed E-state index contributed by atoms with van der Waals surface area (Å²) in [5.74, 6) is 4.66. The zero-order valence-electron chi connectivity index (χ0n) is 18.7. The molecule has 0 aromatic rings. The van der Waals surface area contributed by atoms with Gasteiger partial charge in [-0.15, -0.1) is 0 Å². The van der Waals surface area contributed by atoms with Gasteiger partial charge in [-0.25, -0.2) is 0 Å². The Bertz CT molecular complexity index is 584. The van der Waals surface area contributed by atoms with Crippen molar-refractivity contribution in [2.45, 2.75) is 111 Å². The van der Waals surface area contributed by atoms with Gasteiger partial charge >= 0.3 is 0 Å². The summed E-state index contributed by atoms with van der Waals surface area (Å²) < 4.78 is 0. The van der Waals surface area contributed by atoms with Crippen LogP contribution in [0.1, 0.15) is 105 Å². The van der Waals surface area contributed by atoms with Gasteiger partial charge in [0.25, 0.3) is 0 Å². The SMILES string of the molecule is CC1CCC2(C)C(=CCC3C2CCC2(C)C(CCCC(C)(C)O)CCC32)C1. The Morgan fingerprint density at radius 1 is 1.07 bits per heavy atom. The molecule has 4 aliphatic carbocycles. The maximum atomic E-state index is 10.1. The van der Waals surface area contributed by atoms with Crippen LogP contribution in [-0.4, -0.2) is 10.7 Å². The highest BCUT2D eigenvalue weighted by atomic mass is 16.3. The van der Waals surface area contributed by atoms with Crippen LogP contribution in [0.5, 0.6) is 0 Å². The van der Waals surface area contributed by atoms with Crippen LogP contribution >= 0.6 is 0 Å². The van der Waals surface area contributed by atoms with E-state index in [1.807, 2.05) is 19.4 Å². The topological polar surface area (TPSA) is 20.2 Å². The highest BCUT2D eigenvalue weighted by Gasteiger charge is 2.58. The molecule has 1 N–H and O–H groups in total. The molecule has 1 heteroatoms. The van der Waals surface area contributed by atoms with Crippen molar-refractivity contribution in [3.05, 3.63) is 11.6 Å². The number of rotatable bonds is 4. The molecule has 3 saturated carbocycles. The summed E-state index contributed by atoms with van der Waals surface area (Å²) in [6, 6.07) is 0. The predicted molar refractivity (Wildman–Crippen MR) is 115 cm³/mol. The Balaban J connectivity index is 1.49. The minimum absolute atomic E-state index is 0.492. The van der Waals surface area contributed by atoms with E-state index in [9.17, 15) is 5.11 Å². The van der Waals surface area contributed by atoms with Gasteiger partial charge in [-0.05, 0) is 118 Å². The molecule has 1 nitrogen and oxygen atoms in total. The van der Waals surface area contributed by atoms with Gasteiger partial charge in [0.15, 0.2) is 0 Å². The second-order valence-electron chi connectivity index (χ2n) is 12.1. The molecule has 0 radical (unpaired) electrons. The molecule has 0 aliphatic heterocycles. The third-order valence-electron chi connectivity index (χ3n) is 9.89. The standard InChI is InChI=1S/C26H44O/c1-18-12-15-26(5)20(17-18)8-10-21-22-11-9-19(7-6-14-24(2,3)27)25(22,4)16-13-23(21)26/h8,18-19,21-23,27H,6-7,9-17H2,1-5H3. The third-order valence-corrected chi connectivity index (χ3v) is 9.89. The van der Waals surface area contributed by atoms with E-state index < -0.39 is 5.60 Å². The average Bonchev–Trinajstić information content (AvgIpc) is 2.91. The molecule has 3 fully saturated rings. The lowest BCUT2D eigenvalue weighted by molar-refractivity contribution is -0.0458. The molecular weight excluding hydrogens is 328 g/mol. The number of hydrogen-bond donors (Lipinski definition) is 1. The highest BCUT2D eigenvalue weighted by molar-refractivity contribution is 5.24. The van der Waals surface area contributed by atoms with Crippen LogP contribution in [0.4, 0.5) is 0 Å². The van der Waals surface area contributed by atoms with Crippen molar-refractivity contribution >= 4 is 0 Å². The first-order valence-corrected chi connectivity index (χ1v) is 12.1. The lowest BCUT2D eigenvalue weighted by atomic mass is 9.47. The lowest BCUT2D eigenvalue weighted by Crippen LogP contribution is -2.49. The molecule has 27 heavy (non-hydrogen) atoms. The zero-order valence-corrected chi connectivity index (χ0v) is 18.7. The molecule has 0 amide bonds. The van der Waals surface area contributed by atoms with Gasteiger partial charge < -0.3 is 5.11 Å². The van der Waals surface area contributed by atoms with Crippen LogP contribution in [0.15, 0.2) is 11.6 Å². The highest BCUT2D eigenvalue weighted by Crippen LogP contribution is 2.67. The third kappa shape index (κ3) is 3.45. The summed E-state index contributed by atoms with van der Waals surface area (Å²) >= 11 is 0. The predicted octanol–water partition coefficient (Wildman–Crippen LogP) is 7.14. The minimum atomic E-state index is -0.492. The smallest absolute Gasteiger partial charge is 0.0591 e. The molecule has 0 aromatic carbocycles. The minimum Gasteiger partial charge on any atom is -0.390 e. The van der Waals surface area contributed by atoms with Gasteiger partial charge in [-0.3, -0.25) is 0 Å². The Hall–Kier alpha value is -0.300. The van der Waals surface area contributed by atoms with E-state index in [1.165, 1.54) is 64.2 Å². The summed E-state index contributed by atoms with van der Waals surface area (Å²) in [5.41, 5.74) is 2.44. The Morgan fingerprint density at radius 2 is 1.85 bits per heavy atom. The van der Waals surface area contributed by atoms with E-state index in [4.69, 9.17) is 0 Å². The summed E-state index contributed by atoms with van der Waals surface area (Å²) in [4.78, 5) is 0. The maximum Gasteiger partial charge on any atom is 0.0591 e. The number of aliphatic hydroxyl groups is 1. The van der Waals surface area contributed by atoms with Crippen molar-refractivity contribution in [3.63, 3.8) is 0 Å². The molecule has 0 heterocycles. The van der Waals surface area contributed by atoms with Crippen LogP contribution in [0, 0.1) is 40.4 Å². The fourth-order valence-electron chi connectivity index (χ4n) is 8.21. The molecule has 0 aromatic heterocycles. The molecule has 4 aliphatic rings. The first kappa shape index (κ1) is 20.0. The summed E-state index contributed by atoms with van der Waals surface area (Å²) in [6.07, 6.45) is 17.7. The van der Waals surface area contributed by atoms with Crippen LogP contribution in [0.3, 0.4) is 0 Å². The molecule has 7 unspecified atom stereocenters. The zero-order chi connectivity index (χ0) is 19.4. The second kappa shape index (κ2) is 6.89. The van der Waals surface area contributed by atoms with Crippen molar-refractivity contribution < 1.29 is 5.11 Å². The Kier molecular flexibility index (Phi) is 5.10. The van der Waals surface area contributed by atoms with Crippen LogP contribution < -0.4 is 0 Å². The summed E-state index contributed by atoms with van der Waals surface area (Å²) in [7, 11) is 0. The van der Waals surface area contributed by atoms with Crippen molar-refractivity contribution in [1.29, 1.82) is 0 Å². The Labute approximate surface area is 168 Å².